The van der Waals surface area contributed by atoms with Gasteiger partial charge in [-0.05, 0) is 19.1 Å². The Labute approximate surface area is 110 Å². The topological polar surface area (TPSA) is 53.4 Å². The van der Waals surface area contributed by atoms with Crippen LogP contribution in [0.25, 0.3) is 0 Å². The van der Waals surface area contributed by atoms with E-state index in [1.54, 1.807) is 13.1 Å². The van der Waals surface area contributed by atoms with E-state index in [1.165, 1.54) is 11.3 Å². The van der Waals surface area contributed by atoms with Crippen LogP contribution in [0.15, 0.2) is 36.5 Å². The second-order valence-electron chi connectivity index (χ2n) is 4.00. The van der Waals surface area contributed by atoms with E-state index in [0.29, 0.717) is 0 Å². The Bertz CT molecular complexity index is 539. The molecule has 4 nitrogen and oxygen atoms in total. The van der Waals surface area contributed by atoms with E-state index < -0.39 is 11.9 Å². The van der Waals surface area contributed by atoms with E-state index in [9.17, 15) is 4.79 Å². The summed E-state index contributed by atoms with van der Waals surface area (Å²) in [6.07, 6.45) is 1.64. The monoisotopic (exact) mass is 262 g/mol. The maximum absolute atomic E-state index is 10.9. The number of aromatic nitrogens is 1. The Kier molecular flexibility index (Phi) is 3.62. The first-order valence-electron chi connectivity index (χ1n) is 5.57. The van der Waals surface area contributed by atoms with Crippen LogP contribution in [-0.2, 0) is 4.79 Å². The highest BCUT2D eigenvalue weighted by Gasteiger charge is 2.18. The number of thiazole rings is 1. The molecule has 1 N–H and O–H groups in total. The molecule has 0 aliphatic heterocycles. The molecule has 0 aliphatic rings. The zero-order valence-electron chi connectivity index (χ0n) is 10.2. The van der Waals surface area contributed by atoms with Gasteiger partial charge in [0.15, 0.2) is 5.13 Å². The van der Waals surface area contributed by atoms with E-state index in [-0.39, 0.29) is 0 Å². The van der Waals surface area contributed by atoms with Gasteiger partial charge in [0.1, 0.15) is 0 Å². The largest absolute Gasteiger partial charge is 0.481 e. The van der Waals surface area contributed by atoms with Gasteiger partial charge in [-0.15, -0.1) is 11.3 Å². The third-order valence-corrected chi connectivity index (χ3v) is 4.00. The first-order valence-corrected chi connectivity index (χ1v) is 6.38. The van der Waals surface area contributed by atoms with Gasteiger partial charge < -0.3 is 10.0 Å². The van der Waals surface area contributed by atoms with Gasteiger partial charge in [0.25, 0.3) is 0 Å². The molecule has 0 amide bonds. The maximum atomic E-state index is 10.9. The smallest absolute Gasteiger partial charge is 0.311 e. The Morgan fingerprint density at radius 2 is 2.06 bits per heavy atom. The van der Waals surface area contributed by atoms with Crippen molar-refractivity contribution >= 4 is 28.1 Å². The van der Waals surface area contributed by atoms with Crippen molar-refractivity contribution in [1.82, 2.24) is 4.98 Å². The Balaban J connectivity index is 2.23. The molecule has 1 aromatic heterocycles. The van der Waals surface area contributed by atoms with Crippen LogP contribution < -0.4 is 4.90 Å². The van der Waals surface area contributed by atoms with Crippen LogP contribution in [0.1, 0.15) is 17.7 Å². The van der Waals surface area contributed by atoms with Crippen LogP contribution in [0.3, 0.4) is 0 Å². The normalized spacial score (nSPS) is 12.1. The zero-order chi connectivity index (χ0) is 13.1. The number of nitrogens with zero attached hydrogens (tertiary/aromatic N) is 2. The molecule has 1 unspecified atom stereocenters. The van der Waals surface area contributed by atoms with Crippen molar-refractivity contribution in [3.8, 4) is 0 Å². The quantitative estimate of drug-likeness (QED) is 0.920. The standard InChI is InChI=1S/C13H14N2O2S/c1-9(12(16)17)11-8-14-13(18-11)15(2)10-6-4-3-5-7-10/h3-9H,1-2H3,(H,16,17). The van der Waals surface area contributed by atoms with Crippen molar-refractivity contribution in [2.75, 3.05) is 11.9 Å². The highest BCUT2D eigenvalue weighted by molar-refractivity contribution is 7.15. The number of aliphatic carboxylic acids is 1. The predicted molar refractivity (Wildman–Crippen MR) is 72.7 cm³/mol. The van der Waals surface area contributed by atoms with Gasteiger partial charge in [-0.1, -0.05) is 18.2 Å². The van der Waals surface area contributed by atoms with Crippen molar-refractivity contribution in [3.63, 3.8) is 0 Å². The average Bonchev–Trinajstić information content (AvgIpc) is 2.87. The summed E-state index contributed by atoms with van der Waals surface area (Å²) in [7, 11) is 1.92. The summed E-state index contributed by atoms with van der Waals surface area (Å²) in [5.41, 5.74) is 1.03. The summed E-state index contributed by atoms with van der Waals surface area (Å²) in [4.78, 5) is 17.9. The predicted octanol–water partition coefficient (Wildman–Crippen LogP) is 3.10. The van der Waals surface area contributed by atoms with Crippen LogP contribution in [-0.4, -0.2) is 23.1 Å². The van der Waals surface area contributed by atoms with Gasteiger partial charge in [0.2, 0.25) is 0 Å². The third kappa shape index (κ3) is 2.51. The van der Waals surface area contributed by atoms with E-state index in [4.69, 9.17) is 5.11 Å². The molecule has 1 aromatic carbocycles. The second-order valence-corrected chi connectivity index (χ2v) is 5.04. The minimum absolute atomic E-state index is 0.513. The third-order valence-electron chi connectivity index (χ3n) is 2.74. The lowest BCUT2D eigenvalue weighted by Gasteiger charge is -2.15. The van der Waals surface area contributed by atoms with Crippen molar-refractivity contribution in [2.24, 2.45) is 0 Å². The molecule has 0 bridgehead atoms. The molecule has 0 radical (unpaired) electrons. The fourth-order valence-electron chi connectivity index (χ4n) is 1.52. The minimum atomic E-state index is -0.826. The number of anilines is 2. The second kappa shape index (κ2) is 5.18. The number of hydrogen-bond donors (Lipinski definition) is 1. The first-order chi connectivity index (χ1) is 8.59. The maximum Gasteiger partial charge on any atom is 0.311 e. The van der Waals surface area contributed by atoms with E-state index in [0.717, 1.165) is 15.7 Å². The number of carboxylic acids is 1. The van der Waals surface area contributed by atoms with Gasteiger partial charge in [-0.3, -0.25) is 4.79 Å². The van der Waals surface area contributed by atoms with Gasteiger partial charge in [0, 0.05) is 23.8 Å². The fraction of sp³-hybridized carbons (Fsp3) is 0.231. The average molecular weight is 262 g/mol. The summed E-state index contributed by atoms with van der Waals surface area (Å²) < 4.78 is 0. The van der Waals surface area contributed by atoms with Crippen molar-refractivity contribution < 1.29 is 9.90 Å². The molecule has 5 heteroatoms. The highest BCUT2D eigenvalue weighted by atomic mass is 32.1. The summed E-state index contributed by atoms with van der Waals surface area (Å²) >= 11 is 1.41. The summed E-state index contributed by atoms with van der Waals surface area (Å²) in [5.74, 6) is -1.34. The van der Waals surface area contributed by atoms with Crippen LogP contribution in [0, 0.1) is 0 Å². The van der Waals surface area contributed by atoms with Gasteiger partial charge in [0.05, 0.1) is 5.92 Å². The lowest BCUT2D eigenvalue weighted by atomic mass is 10.2. The molecular weight excluding hydrogens is 248 g/mol. The summed E-state index contributed by atoms with van der Waals surface area (Å²) in [6.45, 7) is 1.67. The molecule has 0 saturated carbocycles. The van der Waals surface area contributed by atoms with E-state index in [1.807, 2.05) is 42.3 Å². The molecule has 0 fully saturated rings. The Hall–Kier alpha value is -1.88. The van der Waals surface area contributed by atoms with E-state index in [2.05, 4.69) is 4.98 Å². The number of rotatable bonds is 4. The SMILES string of the molecule is CC(C(=O)O)c1cnc(N(C)c2ccccc2)s1. The number of carboxylic acid groups (broad SMARTS) is 1. The molecular formula is C13H14N2O2S. The molecule has 2 aromatic rings. The summed E-state index contributed by atoms with van der Waals surface area (Å²) in [5, 5.41) is 9.76. The number of hydrogen-bond acceptors (Lipinski definition) is 4. The molecule has 2 rings (SSSR count). The van der Waals surface area contributed by atoms with E-state index >= 15 is 0 Å². The van der Waals surface area contributed by atoms with Crippen LogP contribution in [0.5, 0.6) is 0 Å². The highest BCUT2D eigenvalue weighted by Crippen LogP contribution is 2.31. The van der Waals surface area contributed by atoms with Crippen molar-refractivity contribution in [3.05, 3.63) is 41.4 Å². The molecule has 1 heterocycles. The van der Waals surface area contributed by atoms with Crippen LogP contribution in [0.4, 0.5) is 10.8 Å². The first kappa shape index (κ1) is 12.6. The number of benzene rings is 1. The van der Waals surface area contributed by atoms with Crippen molar-refractivity contribution in [1.29, 1.82) is 0 Å². The molecule has 1 atom stereocenters. The fourth-order valence-corrected chi connectivity index (χ4v) is 2.46. The number of para-hydroxylation sites is 1. The van der Waals surface area contributed by atoms with Crippen molar-refractivity contribution in [2.45, 2.75) is 12.8 Å². The molecule has 0 saturated heterocycles. The van der Waals surface area contributed by atoms with Crippen LogP contribution >= 0.6 is 11.3 Å². The molecule has 0 aliphatic carbocycles. The molecule has 18 heavy (non-hydrogen) atoms. The molecule has 94 valence electrons. The lowest BCUT2D eigenvalue weighted by molar-refractivity contribution is -0.138. The molecule has 0 spiro atoms. The van der Waals surface area contributed by atoms with Gasteiger partial charge in [-0.25, -0.2) is 4.98 Å². The Morgan fingerprint density at radius 1 is 1.39 bits per heavy atom. The zero-order valence-corrected chi connectivity index (χ0v) is 11.0. The lowest BCUT2D eigenvalue weighted by Crippen LogP contribution is -2.08. The summed E-state index contributed by atoms with van der Waals surface area (Å²) in [6, 6.07) is 9.85. The van der Waals surface area contributed by atoms with Gasteiger partial charge in [-0.2, -0.15) is 0 Å². The Morgan fingerprint density at radius 3 is 2.67 bits per heavy atom. The number of carbonyl (C=O) groups is 1. The van der Waals surface area contributed by atoms with Crippen LogP contribution in [0.2, 0.25) is 0 Å². The van der Waals surface area contributed by atoms with Gasteiger partial charge >= 0.3 is 5.97 Å². The minimum Gasteiger partial charge on any atom is -0.481 e.